The van der Waals surface area contributed by atoms with Gasteiger partial charge in [0.05, 0.1) is 12.0 Å². The van der Waals surface area contributed by atoms with Crippen LogP contribution >= 0.6 is 11.3 Å². The molecule has 0 aromatic carbocycles. The highest BCUT2D eigenvalue weighted by molar-refractivity contribution is 7.16. The van der Waals surface area contributed by atoms with Crippen LogP contribution in [0.25, 0.3) is 0 Å². The summed E-state index contributed by atoms with van der Waals surface area (Å²) < 4.78 is 5.36. The normalized spacial score (nSPS) is 20.8. The lowest BCUT2D eigenvalue weighted by Crippen LogP contribution is -2.26. The molecule has 0 radical (unpaired) electrons. The Morgan fingerprint density at radius 1 is 1.44 bits per heavy atom. The van der Waals surface area contributed by atoms with Gasteiger partial charge in [0, 0.05) is 20.1 Å². The number of aromatic nitrogens is 1. The van der Waals surface area contributed by atoms with Crippen molar-refractivity contribution in [2.45, 2.75) is 25.3 Å². The van der Waals surface area contributed by atoms with Gasteiger partial charge in [-0.15, -0.1) is 0 Å². The minimum absolute atomic E-state index is 0.426. The van der Waals surface area contributed by atoms with Crippen molar-refractivity contribution in [2.24, 2.45) is 0 Å². The second-order valence-corrected chi connectivity index (χ2v) is 5.28. The highest BCUT2D eigenvalue weighted by atomic mass is 32.1. The van der Waals surface area contributed by atoms with Crippen LogP contribution in [0.2, 0.25) is 0 Å². The Bertz CT molecular complexity index is 345. The lowest BCUT2D eigenvalue weighted by Gasteiger charge is -2.22. The van der Waals surface area contributed by atoms with Crippen molar-refractivity contribution in [3.05, 3.63) is 4.88 Å². The van der Waals surface area contributed by atoms with Crippen LogP contribution in [0.3, 0.4) is 0 Å². The average molecular weight is 241 g/mol. The highest BCUT2D eigenvalue weighted by Crippen LogP contribution is 2.38. The van der Waals surface area contributed by atoms with Crippen LogP contribution in [-0.4, -0.2) is 32.7 Å². The molecule has 1 aliphatic heterocycles. The monoisotopic (exact) mass is 241 g/mol. The molecular weight excluding hydrogens is 222 g/mol. The Balaban J connectivity index is 2.23. The fourth-order valence-corrected chi connectivity index (χ4v) is 3.01. The number of hydrogen-bond donors (Lipinski definition) is 1. The first-order chi connectivity index (χ1) is 7.72. The topological polar surface area (TPSA) is 37.4 Å². The summed E-state index contributed by atoms with van der Waals surface area (Å²) in [6, 6.07) is 0.426. The molecule has 90 valence electrons. The zero-order chi connectivity index (χ0) is 11.5. The van der Waals surface area contributed by atoms with E-state index in [1.54, 1.807) is 18.4 Å². The maximum absolute atomic E-state index is 5.36. The first kappa shape index (κ1) is 11.7. The predicted octanol–water partition coefficient (Wildman–Crippen LogP) is 2.03. The van der Waals surface area contributed by atoms with E-state index in [9.17, 15) is 0 Å². The van der Waals surface area contributed by atoms with Gasteiger partial charge in [-0.25, -0.2) is 0 Å². The van der Waals surface area contributed by atoms with Gasteiger partial charge < -0.3 is 15.0 Å². The standard InChI is InChI=1S/C11H19N3OS/c1-14(2)11-13-10(15-3)9(16-11)8-6-4-5-7-12-8/h8,12H,4-7H2,1-3H3. The summed E-state index contributed by atoms with van der Waals surface area (Å²) in [6.45, 7) is 1.10. The van der Waals surface area contributed by atoms with Crippen molar-refractivity contribution in [1.82, 2.24) is 10.3 Å². The number of ether oxygens (including phenoxy) is 1. The molecule has 1 N–H and O–H groups in total. The molecule has 0 aliphatic carbocycles. The lowest BCUT2D eigenvalue weighted by atomic mass is 10.0. The second kappa shape index (κ2) is 5.01. The summed E-state index contributed by atoms with van der Waals surface area (Å²) in [5, 5.41) is 4.55. The summed E-state index contributed by atoms with van der Waals surface area (Å²) in [6.07, 6.45) is 3.75. The van der Waals surface area contributed by atoms with E-state index in [0.29, 0.717) is 6.04 Å². The highest BCUT2D eigenvalue weighted by Gasteiger charge is 2.23. The van der Waals surface area contributed by atoms with Gasteiger partial charge in [0.15, 0.2) is 5.13 Å². The molecule has 0 bridgehead atoms. The van der Waals surface area contributed by atoms with E-state index in [1.165, 1.54) is 24.1 Å². The molecule has 0 spiro atoms. The molecular formula is C11H19N3OS. The first-order valence-electron chi connectivity index (χ1n) is 5.68. The number of rotatable bonds is 3. The van der Waals surface area contributed by atoms with Crippen LogP contribution in [0.5, 0.6) is 5.88 Å². The number of hydrogen-bond acceptors (Lipinski definition) is 5. The van der Waals surface area contributed by atoms with Gasteiger partial charge in [-0.3, -0.25) is 0 Å². The van der Waals surface area contributed by atoms with Gasteiger partial charge in [0.25, 0.3) is 0 Å². The minimum atomic E-state index is 0.426. The smallest absolute Gasteiger partial charge is 0.231 e. The van der Waals surface area contributed by atoms with Crippen LogP contribution < -0.4 is 15.0 Å². The van der Waals surface area contributed by atoms with Crippen LogP contribution in [-0.2, 0) is 0 Å². The SMILES string of the molecule is COc1nc(N(C)C)sc1C1CCCCN1. The van der Waals surface area contributed by atoms with E-state index < -0.39 is 0 Å². The molecule has 5 heteroatoms. The molecule has 1 fully saturated rings. The Morgan fingerprint density at radius 3 is 2.81 bits per heavy atom. The molecule has 2 heterocycles. The van der Waals surface area contributed by atoms with Gasteiger partial charge in [0.1, 0.15) is 0 Å². The Hall–Kier alpha value is -0.810. The third-order valence-electron chi connectivity index (χ3n) is 2.81. The van der Waals surface area contributed by atoms with E-state index in [0.717, 1.165) is 17.6 Å². The third-order valence-corrected chi connectivity index (χ3v) is 4.13. The van der Waals surface area contributed by atoms with Crippen LogP contribution in [0.15, 0.2) is 0 Å². The number of methoxy groups -OCH3 is 1. The van der Waals surface area contributed by atoms with E-state index >= 15 is 0 Å². The zero-order valence-corrected chi connectivity index (χ0v) is 10.9. The van der Waals surface area contributed by atoms with Crippen molar-refractivity contribution in [2.75, 3.05) is 32.6 Å². The quantitative estimate of drug-likeness (QED) is 0.878. The summed E-state index contributed by atoms with van der Waals surface area (Å²) in [4.78, 5) is 7.75. The summed E-state index contributed by atoms with van der Waals surface area (Å²) in [5.74, 6) is 0.785. The third kappa shape index (κ3) is 2.30. The average Bonchev–Trinajstić information content (AvgIpc) is 2.74. The number of nitrogens with zero attached hydrogens (tertiary/aromatic N) is 2. The van der Waals surface area contributed by atoms with E-state index in [1.807, 2.05) is 19.0 Å². The number of thiazole rings is 1. The van der Waals surface area contributed by atoms with Gasteiger partial charge in [-0.1, -0.05) is 17.8 Å². The van der Waals surface area contributed by atoms with Gasteiger partial charge in [-0.05, 0) is 19.4 Å². The molecule has 4 nitrogen and oxygen atoms in total. The number of anilines is 1. The molecule has 1 atom stereocenters. The van der Waals surface area contributed by atoms with E-state index in [2.05, 4.69) is 10.3 Å². The first-order valence-corrected chi connectivity index (χ1v) is 6.49. The van der Waals surface area contributed by atoms with Crippen LogP contribution in [0, 0.1) is 0 Å². The maximum atomic E-state index is 5.36. The zero-order valence-electron chi connectivity index (χ0n) is 10.1. The van der Waals surface area contributed by atoms with Crippen molar-refractivity contribution in [3.8, 4) is 5.88 Å². The van der Waals surface area contributed by atoms with Crippen LogP contribution in [0.4, 0.5) is 5.13 Å². The van der Waals surface area contributed by atoms with Crippen molar-refractivity contribution in [3.63, 3.8) is 0 Å². The van der Waals surface area contributed by atoms with Crippen molar-refractivity contribution >= 4 is 16.5 Å². The molecule has 0 amide bonds. The molecule has 1 aromatic heterocycles. The van der Waals surface area contributed by atoms with Crippen LogP contribution in [0.1, 0.15) is 30.2 Å². The summed E-state index contributed by atoms with van der Waals surface area (Å²) >= 11 is 1.73. The van der Waals surface area contributed by atoms with Gasteiger partial charge >= 0.3 is 0 Å². The molecule has 1 aliphatic rings. The summed E-state index contributed by atoms with van der Waals surface area (Å²) in [5.41, 5.74) is 0. The molecule has 1 unspecified atom stereocenters. The second-order valence-electron chi connectivity index (χ2n) is 4.27. The number of piperidine rings is 1. The Kier molecular flexibility index (Phi) is 3.66. The predicted molar refractivity (Wildman–Crippen MR) is 67.6 cm³/mol. The van der Waals surface area contributed by atoms with E-state index in [4.69, 9.17) is 4.74 Å². The lowest BCUT2D eigenvalue weighted by molar-refractivity contribution is 0.369. The van der Waals surface area contributed by atoms with Gasteiger partial charge in [-0.2, -0.15) is 4.98 Å². The fraction of sp³-hybridized carbons (Fsp3) is 0.727. The minimum Gasteiger partial charge on any atom is -0.480 e. The van der Waals surface area contributed by atoms with Crippen molar-refractivity contribution in [1.29, 1.82) is 0 Å². The molecule has 1 saturated heterocycles. The Labute approximate surface area is 101 Å². The molecule has 2 rings (SSSR count). The van der Waals surface area contributed by atoms with E-state index in [-0.39, 0.29) is 0 Å². The fourth-order valence-electron chi connectivity index (χ4n) is 1.94. The van der Waals surface area contributed by atoms with Gasteiger partial charge in [0.2, 0.25) is 5.88 Å². The summed E-state index contributed by atoms with van der Waals surface area (Å²) in [7, 11) is 5.72. The molecule has 16 heavy (non-hydrogen) atoms. The number of nitrogens with one attached hydrogen (secondary N) is 1. The molecule has 1 aromatic rings. The molecule has 0 saturated carbocycles. The maximum Gasteiger partial charge on any atom is 0.231 e. The van der Waals surface area contributed by atoms with Crippen molar-refractivity contribution < 1.29 is 4.74 Å². The Morgan fingerprint density at radius 2 is 2.25 bits per heavy atom. The largest absolute Gasteiger partial charge is 0.480 e.